The number of nitrogens with zero attached hydrogens (tertiary/aromatic N) is 2. The largest absolute Gasteiger partial charge is 0.366 e. The first-order valence-corrected chi connectivity index (χ1v) is 8.28. The predicted octanol–water partition coefficient (Wildman–Crippen LogP) is 3.42. The molecular weight excluding hydrogens is 284 g/mol. The maximum Gasteiger partial charge on any atom is 0.139 e. The summed E-state index contributed by atoms with van der Waals surface area (Å²) < 4.78 is 0. The fraction of sp³-hybridized carbons (Fsp3) is 0.316. The highest BCUT2D eigenvalue weighted by Crippen LogP contribution is 2.19. The van der Waals surface area contributed by atoms with Gasteiger partial charge in [-0.3, -0.25) is 4.90 Å². The predicted molar refractivity (Wildman–Crippen MR) is 94.6 cm³/mol. The molecule has 3 aromatic rings. The third kappa shape index (κ3) is 3.08. The maximum absolute atomic E-state index is 4.62. The Hall–Kier alpha value is -2.33. The number of benzene rings is 1. The van der Waals surface area contributed by atoms with Gasteiger partial charge in [0.25, 0.3) is 0 Å². The van der Waals surface area contributed by atoms with E-state index in [1.807, 2.05) is 12.3 Å². The van der Waals surface area contributed by atoms with Gasteiger partial charge >= 0.3 is 0 Å². The third-order valence-electron chi connectivity index (χ3n) is 4.55. The molecule has 0 bridgehead atoms. The van der Waals surface area contributed by atoms with Gasteiger partial charge in [-0.25, -0.2) is 4.98 Å². The summed E-state index contributed by atoms with van der Waals surface area (Å²) in [5, 5.41) is 4.67. The molecule has 23 heavy (non-hydrogen) atoms. The van der Waals surface area contributed by atoms with Gasteiger partial charge in [-0.05, 0) is 42.7 Å². The van der Waals surface area contributed by atoms with E-state index in [0.29, 0.717) is 6.04 Å². The molecule has 0 radical (unpaired) electrons. The Labute approximate surface area is 136 Å². The minimum absolute atomic E-state index is 0.361. The van der Waals surface area contributed by atoms with Crippen molar-refractivity contribution in [1.29, 1.82) is 0 Å². The number of H-pyrrole nitrogens is 1. The second-order valence-corrected chi connectivity index (χ2v) is 6.41. The van der Waals surface area contributed by atoms with E-state index < -0.39 is 0 Å². The average molecular weight is 306 g/mol. The van der Waals surface area contributed by atoms with Crippen molar-refractivity contribution in [1.82, 2.24) is 14.9 Å². The van der Waals surface area contributed by atoms with Gasteiger partial charge < -0.3 is 10.3 Å². The molecule has 4 heteroatoms. The number of aromatic amines is 1. The molecule has 0 spiro atoms. The molecule has 4 nitrogen and oxygen atoms in total. The molecule has 0 unspecified atom stereocenters. The van der Waals surface area contributed by atoms with Crippen LogP contribution in [-0.2, 0) is 13.0 Å². The highest BCUT2D eigenvalue weighted by molar-refractivity contribution is 5.77. The number of anilines is 1. The zero-order valence-corrected chi connectivity index (χ0v) is 13.4. The number of hydrogen-bond donors (Lipinski definition) is 2. The Bertz CT molecular complexity index is 808. The average Bonchev–Trinajstić information content (AvgIpc) is 3.02. The molecule has 1 atom stereocenters. The summed E-state index contributed by atoms with van der Waals surface area (Å²) in [6.07, 6.45) is 3.08. The highest BCUT2D eigenvalue weighted by Gasteiger charge is 2.17. The van der Waals surface area contributed by atoms with Crippen LogP contribution in [0, 0.1) is 0 Å². The van der Waals surface area contributed by atoms with E-state index >= 15 is 0 Å². The molecule has 0 fully saturated rings. The van der Waals surface area contributed by atoms with Crippen molar-refractivity contribution in [3.63, 3.8) is 0 Å². The lowest BCUT2D eigenvalue weighted by Crippen LogP contribution is -2.38. The molecule has 2 N–H and O–H groups in total. The van der Waals surface area contributed by atoms with Crippen molar-refractivity contribution in [2.45, 2.75) is 25.9 Å². The Morgan fingerprint density at radius 1 is 1.17 bits per heavy atom. The number of hydrogen-bond acceptors (Lipinski definition) is 3. The lowest BCUT2D eigenvalue weighted by atomic mass is 10.00. The summed E-state index contributed by atoms with van der Waals surface area (Å²) in [7, 11) is 0. The van der Waals surface area contributed by atoms with Crippen LogP contribution in [0.5, 0.6) is 0 Å². The van der Waals surface area contributed by atoms with Crippen molar-refractivity contribution < 1.29 is 0 Å². The minimum atomic E-state index is 0.361. The van der Waals surface area contributed by atoms with Crippen molar-refractivity contribution in [2.75, 3.05) is 18.4 Å². The lowest BCUT2D eigenvalue weighted by molar-refractivity contribution is 0.247. The van der Waals surface area contributed by atoms with Crippen molar-refractivity contribution >= 4 is 16.9 Å². The molecule has 2 aromatic heterocycles. The molecule has 1 aromatic carbocycles. The van der Waals surface area contributed by atoms with Crippen LogP contribution in [-0.4, -0.2) is 34.0 Å². The summed E-state index contributed by atoms with van der Waals surface area (Å²) in [5.74, 6) is 0.935. The SMILES string of the molecule is C[C@H](CN1CCc2ccccc2C1)Nc1ccc2cc[nH]c2n1. The van der Waals surface area contributed by atoms with Gasteiger partial charge in [0.2, 0.25) is 0 Å². The zero-order chi connectivity index (χ0) is 15.6. The van der Waals surface area contributed by atoms with Crippen LogP contribution < -0.4 is 5.32 Å². The second-order valence-electron chi connectivity index (χ2n) is 6.41. The van der Waals surface area contributed by atoms with Crippen LogP contribution in [0.4, 0.5) is 5.82 Å². The first-order chi connectivity index (χ1) is 11.3. The van der Waals surface area contributed by atoms with Gasteiger partial charge in [0.1, 0.15) is 11.5 Å². The summed E-state index contributed by atoms with van der Waals surface area (Å²) in [5.41, 5.74) is 3.91. The quantitative estimate of drug-likeness (QED) is 0.776. The molecule has 0 aliphatic carbocycles. The molecular formula is C19H22N4. The fourth-order valence-corrected chi connectivity index (χ4v) is 3.41. The van der Waals surface area contributed by atoms with Crippen LogP contribution in [0.2, 0.25) is 0 Å². The van der Waals surface area contributed by atoms with Crippen LogP contribution in [0.15, 0.2) is 48.7 Å². The number of pyridine rings is 1. The number of nitrogens with one attached hydrogen (secondary N) is 2. The monoisotopic (exact) mass is 306 g/mol. The van der Waals surface area contributed by atoms with Crippen molar-refractivity contribution in [3.05, 3.63) is 59.8 Å². The van der Waals surface area contributed by atoms with E-state index in [2.05, 4.69) is 63.5 Å². The smallest absolute Gasteiger partial charge is 0.139 e. The van der Waals surface area contributed by atoms with Crippen LogP contribution in [0.3, 0.4) is 0 Å². The van der Waals surface area contributed by atoms with Gasteiger partial charge in [-0.15, -0.1) is 0 Å². The Balaban J connectivity index is 1.39. The number of aromatic nitrogens is 2. The van der Waals surface area contributed by atoms with E-state index in [1.54, 1.807) is 0 Å². The first-order valence-electron chi connectivity index (χ1n) is 8.28. The Morgan fingerprint density at radius 3 is 2.96 bits per heavy atom. The molecule has 1 aliphatic rings. The van der Waals surface area contributed by atoms with E-state index in [4.69, 9.17) is 0 Å². The Kier molecular flexibility index (Phi) is 3.75. The van der Waals surface area contributed by atoms with E-state index in [-0.39, 0.29) is 0 Å². The fourth-order valence-electron chi connectivity index (χ4n) is 3.41. The normalized spacial score (nSPS) is 16.2. The molecule has 118 valence electrons. The van der Waals surface area contributed by atoms with Gasteiger partial charge in [0, 0.05) is 37.3 Å². The molecule has 0 amide bonds. The lowest BCUT2D eigenvalue weighted by Gasteiger charge is -2.31. The molecule has 0 saturated heterocycles. The van der Waals surface area contributed by atoms with Gasteiger partial charge in [0.15, 0.2) is 0 Å². The first kappa shape index (κ1) is 14.3. The summed E-state index contributed by atoms with van der Waals surface area (Å²) >= 11 is 0. The Morgan fingerprint density at radius 2 is 2.04 bits per heavy atom. The molecule has 3 heterocycles. The van der Waals surface area contributed by atoms with Crippen molar-refractivity contribution in [2.24, 2.45) is 0 Å². The molecule has 4 rings (SSSR count). The second kappa shape index (κ2) is 6.05. The van der Waals surface area contributed by atoms with Crippen LogP contribution in [0.25, 0.3) is 11.0 Å². The zero-order valence-electron chi connectivity index (χ0n) is 13.4. The van der Waals surface area contributed by atoms with Crippen molar-refractivity contribution in [3.8, 4) is 0 Å². The van der Waals surface area contributed by atoms with E-state index in [1.165, 1.54) is 11.1 Å². The number of rotatable bonds is 4. The van der Waals surface area contributed by atoms with Gasteiger partial charge in [-0.1, -0.05) is 24.3 Å². The summed E-state index contributed by atoms with van der Waals surface area (Å²) in [6, 6.07) is 15.3. The maximum atomic E-state index is 4.62. The molecule has 1 aliphatic heterocycles. The van der Waals surface area contributed by atoms with Gasteiger partial charge in [0.05, 0.1) is 0 Å². The van der Waals surface area contributed by atoms with Gasteiger partial charge in [-0.2, -0.15) is 0 Å². The van der Waals surface area contributed by atoms with Crippen LogP contribution in [0.1, 0.15) is 18.1 Å². The van der Waals surface area contributed by atoms with Crippen LogP contribution >= 0.6 is 0 Å². The summed E-state index contributed by atoms with van der Waals surface area (Å²) in [4.78, 5) is 10.3. The van der Waals surface area contributed by atoms with E-state index in [9.17, 15) is 0 Å². The third-order valence-corrected chi connectivity index (χ3v) is 4.55. The standard InChI is InChI=1S/C19H22N4/c1-14(21-18-7-6-16-8-10-20-19(16)22-18)12-23-11-9-15-4-2-3-5-17(15)13-23/h2-8,10,14H,9,11-13H2,1H3,(H2,20,21,22)/t14-/m1/s1. The summed E-state index contributed by atoms with van der Waals surface area (Å²) in [6.45, 7) is 5.43. The number of fused-ring (bicyclic) bond motifs is 2. The van der Waals surface area contributed by atoms with E-state index in [0.717, 1.165) is 42.9 Å². The molecule has 0 saturated carbocycles. The highest BCUT2D eigenvalue weighted by atomic mass is 15.2. The minimum Gasteiger partial charge on any atom is -0.366 e. The topological polar surface area (TPSA) is 44.0 Å².